The fourth-order valence-corrected chi connectivity index (χ4v) is 4.37. The van der Waals surface area contributed by atoms with E-state index in [-0.39, 0.29) is 0 Å². The van der Waals surface area contributed by atoms with Crippen molar-refractivity contribution >= 4 is 6.29 Å². The molecule has 0 saturated heterocycles. The van der Waals surface area contributed by atoms with E-state index in [4.69, 9.17) is 0 Å². The van der Waals surface area contributed by atoms with Crippen LogP contribution in [0.4, 0.5) is 0 Å². The summed E-state index contributed by atoms with van der Waals surface area (Å²) < 4.78 is 0. The van der Waals surface area contributed by atoms with Crippen LogP contribution in [0.5, 0.6) is 0 Å². The minimum atomic E-state index is 0.873. The van der Waals surface area contributed by atoms with Crippen molar-refractivity contribution < 1.29 is 4.79 Å². The fourth-order valence-electron chi connectivity index (χ4n) is 4.37. The van der Waals surface area contributed by atoms with Gasteiger partial charge in [-0.25, -0.2) is 0 Å². The van der Waals surface area contributed by atoms with Gasteiger partial charge in [-0.05, 0) is 57.9 Å². The number of allylic oxidation sites excluding steroid dienone is 6. The molecule has 0 fully saturated rings. The highest BCUT2D eigenvalue weighted by atomic mass is 16.1. The molecule has 0 aromatic carbocycles. The van der Waals surface area contributed by atoms with E-state index in [0.717, 1.165) is 19.1 Å². The molecule has 0 heterocycles. The highest BCUT2D eigenvalue weighted by Gasteiger charge is 2.00. The van der Waals surface area contributed by atoms with E-state index in [0.29, 0.717) is 0 Å². The first-order valence-corrected chi connectivity index (χ1v) is 14.2. The molecule has 0 unspecified atom stereocenters. The van der Waals surface area contributed by atoms with E-state index in [2.05, 4.69) is 32.1 Å². The Morgan fingerprint density at radius 3 is 1.53 bits per heavy atom. The number of carbonyl (C=O) groups excluding carboxylic acids is 1. The third-order valence-electron chi connectivity index (χ3n) is 6.46. The van der Waals surface area contributed by atoms with Crippen molar-refractivity contribution in [3.05, 3.63) is 36.0 Å². The number of aldehydes is 1. The number of carbonyl (C=O) groups is 1. The van der Waals surface area contributed by atoms with Gasteiger partial charge in [0.2, 0.25) is 0 Å². The van der Waals surface area contributed by atoms with Crippen LogP contribution in [0.3, 0.4) is 0 Å². The maximum absolute atomic E-state index is 10.2. The zero-order valence-corrected chi connectivity index (χ0v) is 21.9. The summed E-state index contributed by atoms with van der Waals surface area (Å²) in [6.07, 6.45) is 41.3. The highest BCUT2D eigenvalue weighted by Crippen LogP contribution is 2.19. The van der Waals surface area contributed by atoms with Crippen molar-refractivity contribution in [2.24, 2.45) is 0 Å². The standard InChI is InChI=1S/C31H56O/c1-3-5-7-8-20-24-28-31(27-23-6-4-2)29-25-21-18-16-14-12-10-9-11-13-15-17-19-22-26-30-32/h4,6,22,26-27,30H,3,5,7-21,23-25,28-29H2,1-2H3/b6-4-,26-22-,31-27-. The molecule has 0 rings (SSSR count). The quantitative estimate of drug-likeness (QED) is 0.0592. The Morgan fingerprint density at radius 1 is 0.594 bits per heavy atom. The molecule has 0 aliphatic rings. The van der Waals surface area contributed by atoms with E-state index in [1.54, 1.807) is 11.6 Å². The maximum Gasteiger partial charge on any atom is 0.142 e. The van der Waals surface area contributed by atoms with Gasteiger partial charge in [0.25, 0.3) is 0 Å². The summed E-state index contributed by atoms with van der Waals surface area (Å²) in [5.41, 5.74) is 1.72. The van der Waals surface area contributed by atoms with Crippen LogP contribution in [-0.4, -0.2) is 6.29 Å². The van der Waals surface area contributed by atoms with E-state index >= 15 is 0 Å². The molecule has 1 nitrogen and oxygen atoms in total. The Morgan fingerprint density at radius 2 is 1.06 bits per heavy atom. The summed E-state index contributed by atoms with van der Waals surface area (Å²) in [6, 6.07) is 0. The van der Waals surface area contributed by atoms with Crippen LogP contribution in [0.1, 0.15) is 155 Å². The van der Waals surface area contributed by atoms with Gasteiger partial charge in [-0.2, -0.15) is 0 Å². The van der Waals surface area contributed by atoms with Gasteiger partial charge in [0.1, 0.15) is 6.29 Å². The summed E-state index contributed by atoms with van der Waals surface area (Å²) in [5.74, 6) is 0. The first-order valence-electron chi connectivity index (χ1n) is 14.2. The van der Waals surface area contributed by atoms with Crippen molar-refractivity contribution in [1.82, 2.24) is 0 Å². The second-order valence-corrected chi connectivity index (χ2v) is 9.53. The predicted molar refractivity (Wildman–Crippen MR) is 145 cm³/mol. The van der Waals surface area contributed by atoms with Crippen molar-refractivity contribution in [2.75, 3.05) is 0 Å². The van der Waals surface area contributed by atoms with Crippen LogP contribution in [0, 0.1) is 0 Å². The summed E-state index contributed by atoms with van der Waals surface area (Å²) in [6.45, 7) is 4.42. The van der Waals surface area contributed by atoms with Crippen LogP contribution < -0.4 is 0 Å². The van der Waals surface area contributed by atoms with Gasteiger partial charge in [-0.15, -0.1) is 0 Å². The predicted octanol–water partition coefficient (Wildman–Crippen LogP) is 10.8. The van der Waals surface area contributed by atoms with Crippen LogP contribution in [0.15, 0.2) is 36.0 Å². The maximum atomic E-state index is 10.2. The fraction of sp³-hybridized carbons (Fsp3) is 0.774. The van der Waals surface area contributed by atoms with Gasteiger partial charge in [0.05, 0.1) is 0 Å². The second kappa shape index (κ2) is 27.9. The summed E-state index contributed by atoms with van der Waals surface area (Å²) >= 11 is 0. The van der Waals surface area contributed by atoms with Crippen molar-refractivity contribution in [3.8, 4) is 0 Å². The minimum Gasteiger partial charge on any atom is -0.299 e. The molecule has 0 aliphatic heterocycles. The average molecular weight is 445 g/mol. The lowest BCUT2D eigenvalue weighted by molar-refractivity contribution is -0.104. The largest absolute Gasteiger partial charge is 0.299 e. The number of unbranched alkanes of at least 4 members (excludes halogenated alkanes) is 17. The SMILES string of the molecule is C/C=C\C/C=C(/CCCCCCCC)CCCCCCCCCCCCCC/C=C\C=O. The van der Waals surface area contributed by atoms with E-state index in [1.165, 1.54) is 128 Å². The molecule has 0 saturated carbocycles. The first kappa shape index (κ1) is 30.9. The molecular weight excluding hydrogens is 388 g/mol. The van der Waals surface area contributed by atoms with Crippen molar-refractivity contribution in [3.63, 3.8) is 0 Å². The Labute approximate surface area is 202 Å². The zero-order chi connectivity index (χ0) is 23.4. The number of hydrogen-bond acceptors (Lipinski definition) is 1. The van der Waals surface area contributed by atoms with Crippen LogP contribution in [0.2, 0.25) is 0 Å². The van der Waals surface area contributed by atoms with Crippen LogP contribution in [-0.2, 0) is 4.79 Å². The molecule has 1 heteroatoms. The third-order valence-corrected chi connectivity index (χ3v) is 6.46. The molecule has 32 heavy (non-hydrogen) atoms. The van der Waals surface area contributed by atoms with Gasteiger partial charge in [-0.1, -0.05) is 133 Å². The van der Waals surface area contributed by atoms with Gasteiger partial charge in [0.15, 0.2) is 0 Å². The van der Waals surface area contributed by atoms with Crippen molar-refractivity contribution in [2.45, 2.75) is 155 Å². The van der Waals surface area contributed by atoms with Crippen LogP contribution in [0.25, 0.3) is 0 Å². The van der Waals surface area contributed by atoms with Gasteiger partial charge in [-0.3, -0.25) is 4.79 Å². The average Bonchev–Trinajstić information content (AvgIpc) is 2.80. The molecule has 0 atom stereocenters. The molecular formula is C31H56O. The first-order chi connectivity index (χ1) is 15.8. The lowest BCUT2D eigenvalue weighted by Crippen LogP contribution is -1.88. The number of rotatable bonds is 25. The molecule has 0 amide bonds. The topological polar surface area (TPSA) is 17.1 Å². The molecule has 0 aromatic rings. The summed E-state index contributed by atoms with van der Waals surface area (Å²) in [7, 11) is 0. The Bertz CT molecular complexity index is 457. The molecule has 0 bridgehead atoms. The monoisotopic (exact) mass is 444 g/mol. The van der Waals surface area contributed by atoms with E-state index in [9.17, 15) is 4.79 Å². The molecule has 186 valence electrons. The van der Waals surface area contributed by atoms with Crippen LogP contribution >= 0.6 is 0 Å². The lowest BCUT2D eigenvalue weighted by Gasteiger charge is -2.08. The minimum absolute atomic E-state index is 0.873. The Kier molecular flexibility index (Phi) is 27.0. The van der Waals surface area contributed by atoms with E-state index in [1.807, 2.05) is 6.08 Å². The van der Waals surface area contributed by atoms with Gasteiger partial charge < -0.3 is 0 Å². The Hall–Kier alpha value is -1.11. The third kappa shape index (κ3) is 25.2. The molecule has 0 aliphatic carbocycles. The Balaban J connectivity index is 3.58. The smallest absolute Gasteiger partial charge is 0.142 e. The van der Waals surface area contributed by atoms with Gasteiger partial charge >= 0.3 is 0 Å². The summed E-state index contributed by atoms with van der Waals surface area (Å²) in [5, 5.41) is 0. The highest BCUT2D eigenvalue weighted by molar-refractivity contribution is 5.64. The van der Waals surface area contributed by atoms with Gasteiger partial charge in [0, 0.05) is 0 Å². The molecule has 0 aromatic heterocycles. The molecule has 0 N–H and O–H groups in total. The second-order valence-electron chi connectivity index (χ2n) is 9.53. The van der Waals surface area contributed by atoms with E-state index < -0.39 is 0 Å². The lowest BCUT2D eigenvalue weighted by atomic mass is 9.98. The normalized spacial score (nSPS) is 12.4. The molecule has 0 radical (unpaired) electrons. The zero-order valence-electron chi connectivity index (χ0n) is 21.9. The summed E-state index contributed by atoms with van der Waals surface area (Å²) in [4.78, 5) is 10.2. The van der Waals surface area contributed by atoms with Crippen molar-refractivity contribution in [1.29, 1.82) is 0 Å². The molecule has 0 spiro atoms. The number of hydrogen-bond donors (Lipinski definition) is 0.